The average molecular weight is 318 g/mol. The second-order valence-electron chi connectivity index (χ2n) is 4.57. The van der Waals surface area contributed by atoms with Crippen LogP contribution in [-0.2, 0) is 6.18 Å². The molecule has 1 N–H and O–H groups in total. The van der Waals surface area contributed by atoms with Gasteiger partial charge in [-0.15, -0.1) is 11.3 Å². The fourth-order valence-corrected chi connectivity index (χ4v) is 2.83. The molecule has 1 aromatic carbocycles. The monoisotopic (exact) mass is 318 g/mol. The molecule has 21 heavy (non-hydrogen) atoms. The smallest absolute Gasteiger partial charge is 0.310 e. The van der Waals surface area contributed by atoms with E-state index in [1.54, 1.807) is 6.20 Å². The molecule has 114 valence electrons. The van der Waals surface area contributed by atoms with E-state index in [-0.39, 0.29) is 11.6 Å². The number of rotatable bonds is 4. The first kappa shape index (κ1) is 15.9. The summed E-state index contributed by atoms with van der Waals surface area (Å²) >= 11 is 1.25. The first-order valence-electron chi connectivity index (χ1n) is 6.38. The van der Waals surface area contributed by atoms with Crippen LogP contribution in [0.4, 0.5) is 17.6 Å². The van der Waals surface area contributed by atoms with E-state index in [9.17, 15) is 17.6 Å². The van der Waals surface area contributed by atoms with E-state index in [0.29, 0.717) is 11.1 Å². The lowest BCUT2D eigenvalue weighted by Gasteiger charge is -2.09. The Kier molecular flexibility index (Phi) is 4.63. The zero-order valence-electron chi connectivity index (χ0n) is 11.5. The van der Waals surface area contributed by atoms with Crippen LogP contribution in [0.15, 0.2) is 24.4 Å². The maximum Gasteiger partial charge on any atom is 0.416 e. The number of nitrogens with one attached hydrogen (secondary N) is 1. The van der Waals surface area contributed by atoms with Gasteiger partial charge in [-0.05, 0) is 31.7 Å². The maximum absolute atomic E-state index is 13.4. The summed E-state index contributed by atoms with van der Waals surface area (Å²) in [6.45, 7) is 4.67. The summed E-state index contributed by atoms with van der Waals surface area (Å²) in [6.07, 6.45) is -2.97. The minimum atomic E-state index is -4.58. The fourth-order valence-electron chi connectivity index (χ4n) is 1.90. The highest BCUT2D eigenvalue weighted by Gasteiger charge is 2.31. The zero-order valence-corrected chi connectivity index (χ0v) is 12.3. The van der Waals surface area contributed by atoms with Crippen LogP contribution in [0.5, 0.6) is 0 Å². The molecule has 0 aliphatic rings. The largest absolute Gasteiger partial charge is 0.416 e. The molecule has 2 nitrogen and oxygen atoms in total. The third kappa shape index (κ3) is 3.79. The van der Waals surface area contributed by atoms with E-state index in [4.69, 9.17) is 0 Å². The van der Waals surface area contributed by atoms with Crippen molar-refractivity contribution in [3.8, 4) is 10.6 Å². The minimum Gasteiger partial charge on any atom is -0.310 e. The molecule has 2 rings (SSSR count). The Morgan fingerprint density at radius 2 is 2.00 bits per heavy atom. The van der Waals surface area contributed by atoms with Crippen LogP contribution in [-0.4, -0.2) is 11.5 Å². The van der Waals surface area contributed by atoms with Crippen molar-refractivity contribution in [2.75, 3.05) is 6.54 Å². The van der Waals surface area contributed by atoms with Crippen molar-refractivity contribution >= 4 is 11.3 Å². The van der Waals surface area contributed by atoms with Crippen molar-refractivity contribution in [1.82, 2.24) is 10.3 Å². The first-order chi connectivity index (χ1) is 9.81. The molecule has 7 heteroatoms. The SMILES string of the molecule is CCNC(C)c1cnc(-c2cc(F)cc(C(F)(F)F)c2)s1. The van der Waals surface area contributed by atoms with E-state index < -0.39 is 17.6 Å². The van der Waals surface area contributed by atoms with Gasteiger partial charge in [-0.3, -0.25) is 0 Å². The van der Waals surface area contributed by atoms with E-state index >= 15 is 0 Å². The summed E-state index contributed by atoms with van der Waals surface area (Å²) in [5, 5.41) is 3.56. The Hall–Kier alpha value is -1.47. The molecule has 1 heterocycles. The van der Waals surface area contributed by atoms with Gasteiger partial charge >= 0.3 is 6.18 Å². The highest BCUT2D eigenvalue weighted by Crippen LogP contribution is 2.35. The standard InChI is InChI=1S/C14H14F4N2S/c1-3-19-8(2)12-7-20-13(21-12)9-4-10(14(16,17)18)6-11(15)5-9/h4-8,19H,3H2,1-2H3. The second-order valence-corrected chi connectivity index (χ2v) is 5.64. The number of nitrogens with zero attached hydrogens (tertiary/aromatic N) is 1. The quantitative estimate of drug-likeness (QED) is 0.831. The van der Waals surface area contributed by atoms with Gasteiger partial charge in [0, 0.05) is 22.7 Å². The Morgan fingerprint density at radius 1 is 1.29 bits per heavy atom. The molecule has 0 bridgehead atoms. The summed E-state index contributed by atoms with van der Waals surface area (Å²) in [7, 11) is 0. The summed E-state index contributed by atoms with van der Waals surface area (Å²) in [5.74, 6) is -0.920. The normalized spacial score (nSPS) is 13.4. The minimum absolute atomic E-state index is 0.0527. The van der Waals surface area contributed by atoms with Gasteiger partial charge in [-0.2, -0.15) is 13.2 Å². The van der Waals surface area contributed by atoms with Gasteiger partial charge in [0.1, 0.15) is 10.8 Å². The highest BCUT2D eigenvalue weighted by molar-refractivity contribution is 7.15. The predicted octanol–water partition coefficient (Wildman–Crippen LogP) is 4.64. The molecule has 0 aliphatic heterocycles. The van der Waals surface area contributed by atoms with Gasteiger partial charge < -0.3 is 5.32 Å². The van der Waals surface area contributed by atoms with Crippen LogP contribution in [0, 0.1) is 5.82 Å². The lowest BCUT2D eigenvalue weighted by Crippen LogP contribution is -2.16. The molecule has 1 unspecified atom stereocenters. The Bertz CT molecular complexity index is 622. The lowest BCUT2D eigenvalue weighted by molar-refractivity contribution is -0.137. The van der Waals surface area contributed by atoms with Crippen molar-refractivity contribution in [3.63, 3.8) is 0 Å². The second kappa shape index (κ2) is 6.11. The van der Waals surface area contributed by atoms with Gasteiger partial charge in [0.2, 0.25) is 0 Å². The van der Waals surface area contributed by atoms with Crippen LogP contribution in [0.1, 0.15) is 30.3 Å². The number of aromatic nitrogens is 1. The van der Waals surface area contributed by atoms with E-state index in [0.717, 1.165) is 23.6 Å². The van der Waals surface area contributed by atoms with Gasteiger partial charge in [0.05, 0.1) is 5.56 Å². The molecular formula is C14H14F4N2S. The molecule has 0 saturated carbocycles. The summed E-state index contributed by atoms with van der Waals surface area (Å²) in [6, 6.07) is 2.52. The topological polar surface area (TPSA) is 24.9 Å². The molecule has 0 spiro atoms. The number of hydrogen-bond donors (Lipinski definition) is 1. The Labute approximate surface area is 123 Å². The summed E-state index contributed by atoms with van der Waals surface area (Å²) < 4.78 is 51.5. The number of thiazole rings is 1. The summed E-state index contributed by atoms with van der Waals surface area (Å²) in [4.78, 5) is 4.99. The number of halogens is 4. The molecule has 0 saturated heterocycles. The van der Waals surface area contributed by atoms with Gasteiger partial charge in [-0.25, -0.2) is 9.37 Å². The van der Waals surface area contributed by atoms with E-state index in [1.807, 2.05) is 13.8 Å². The van der Waals surface area contributed by atoms with E-state index in [2.05, 4.69) is 10.3 Å². The zero-order chi connectivity index (χ0) is 15.6. The fraction of sp³-hybridized carbons (Fsp3) is 0.357. The van der Waals surface area contributed by atoms with Crippen molar-refractivity contribution in [1.29, 1.82) is 0 Å². The molecule has 2 aromatic rings. The van der Waals surface area contributed by atoms with Crippen LogP contribution >= 0.6 is 11.3 Å². The molecule has 0 radical (unpaired) electrons. The predicted molar refractivity (Wildman–Crippen MR) is 74.6 cm³/mol. The Morgan fingerprint density at radius 3 is 2.62 bits per heavy atom. The highest BCUT2D eigenvalue weighted by atomic mass is 32.1. The maximum atomic E-state index is 13.4. The average Bonchev–Trinajstić information content (AvgIpc) is 2.87. The van der Waals surface area contributed by atoms with E-state index in [1.165, 1.54) is 11.3 Å². The molecular weight excluding hydrogens is 304 g/mol. The van der Waals surface area contributed by atoms with Crippen LogP contribution < -0.4 is 5.32 Å². The molecule has 0 amide bonds. The Balaban J connectivity index is 2.36. The van der Waals surface area contributed by atoms with Crippen molar-refractivity contribution in [2.24, 2.45) is 0 Å². The molecule has 1 aromatic heterocycles. The number of alkyl halides is 3. The summed E-state index contributed by atoms with van der Waals surface area (Å²) in [5.41, 5.74) is -0.865. The van der Waals surface area contributed by atoms with Crippen LogP contribution in [0.2, 0.25) is 0 Å². The van der Waals surface area contributed by atoms with Gasteiger partial charge in [-0.1, -0.05) is 6.92 Å². The third-order valence-corrected chi connectivity index (χ3v) is 4.16. The molecule has 1 atom stereocenters. The molecule has 0 aliphatic carbocycles. The first-order valence-corrected chi connectivity index (χ1v) is 7.20. The van der Waals surface area contributed by atoms with Crippen LogP contribution in [0.25, 0.3) is 10.6 Å². The number of hydrogen-bond acceptors (Lipinski definition) is 3. The number of benzene rings is 1. The lowest BCUT2D eigenvalue weighted by atomic mass is 10.1. The third-order valence-electron chi connectivity index (χ3n) is 2.93. The van der Waals surface area contributed by atoms with Gasteiger partial charge in [0.15, 0.2) is 0 Å². The molecule has 0 fully saturated rings. The van der Waals surface area contributed by atoms with Crippen molar-refractivity contribution in [3.05, 3.63) is 40.7 Å². The van der Waals surface area contributed by atoms with Crippen molar-refractivity contribution < 1.29 is 17.6 Å². The van der Waals surface area contributed by atoms with Crippen molar-refractivity contribution in [2.45, 2.75) is 26.1 Å². The van der Waals surface area contributed by atoms with Crippen LogP contribution in [0.3, 0.4) is 0 Å². The van der Waals surface area contributed by atoms with Gasteiger partial charge in [0.25, 0.3) is 0 Å².